The van der Waals surface area contributed by atoms with Crippen LogP contribution < -0.4 is 10.6 Å². The van der Waals surface area contributed by atoms with Crippen molar-refractivity contribution in [2.24, 2.45) is 0 Å². The quantitative estimate of drug-likeness (QED) is 0.649. The van der Waals surface area contributed by atoms with Crippen LogP contribution in [0.5, 0.6) is 0 Å². The number of hydrogen-bond donors (Lipinski definition) is 2. The molecule has 0 fully saturated rings. The fraction of sp³-hybridized carbons (Fsp3) is 0. The first-order valence-electron chi connectivity index (χ1n) is 5.90. The zero-order valence-corrected chi connectivity index (χ0v) is 14.5. The first-order chi connectivity index (χ1) is 10.4. The minimum atomic E-state index is -0.818. The first-order valence-corrected chi connectivity index (χ1v) is 7.73. The average molecular weight is 453 g/mol. The topological polar surface area (TPSA) is 58.2 Å². The molecule has 2 aromatic rings. The molecule has 2 rings (SSSR count). The normalized spacial score (nSPS) is 10.2. The predicted molar refractivity (Wildman–Crippen MR) is 92.1 cm³/mol. The minimum Gasteiger partial charge on any atom is -0.308 e. The third-order valence-electron chi connectivity index (χ3n) is 2.59. The van der Waals surface area contributed by atoms with Crippen molar-refractivity contribution < 1.29 is 14.0 Å². The maximum Gasteiger partial charge on any atom is 0.326 e. The van der Waals surface area contributed by atoms with Crippen molar-refractivity contribution in [3.63, 3.8) is 0 Å². The molecule has 0 spiro atoms. The number of rotatable bonds is 2. The molecule has 0 unspecified atom stereocenters. The lowest BCUT2D eigenvalue weighted by Crippen LogP contribution is -2.34. The summed E-state index contributed by atoms with van der Waals surface area (Å²) < 4.78 is 13.8. The average Bonchev–Trinajstić information content (AvgIpc) is 2.42. The number of urea groups is 1. The minimum absolute atomic E-state index is 0.00484. The molecule has 0 atom stereocenters. The zero-order chi connectivity index (χ0) is 16.3. The van der Waals surface area contributed by atoms with Crippen molar-refractivity contribution in [1.82, 2.24) is 5.32 Å². The fourth-order valence-corrected chi connectivity index (χ4v) is 2.52. The molecule has 0 bridgehead atoms. The highest BCUT2D eigenvalue weighted by Gasteiger charge is 2.17. The summed E-state index contributed by atoms with van der Waals surface area (Å²) in [6.45, 7) is 0. The van der Waals surface area contributed by atoms with Gasteiger partial charge in [0, 0.05) is 9.26 Å². The van der Waals surface area contributed by atoms with E-state index in [-0.39, 0.29) is 21.3 Å². The van der Waals surface area contributed by atoms with Crippen LogP contribution in [0.1, 0.15) is 10.4 Å². The SMILES string of the molecule is O=C(NC(=O)c1c(Cl)cccc1Cl)Nc1ccc(I)c(F)c1. The van der Waals surface area contributed by atoms with Crippen LogP contribution in [0.15, 0.2) is 36.4 Å². The molecule has 0 saturated carbocycles. The van der Waals surface area contributed by atoms with E-state index in [4.69, 9.17) is 23.2 Å². The summed E-state index contributed by atoms with van der Waals surface area (Å²) in [6.07, 6.45) is 0. The zero-order valence-electron chi connectivity index (χ0n) is 10.8. The van der Waals surface area contributed by atoms with Gasteiger partial charge in [0.2, 0.25) is 0 Å². The Labute approximate surface area is 149 Å². The third kappa shape index (κ3) is 4.08. The van der Waals surface area contributed by atoms with Crippen LogP contribution in [-0.4, -0.2) is 11.9 Å². The van der Waals surface area contributed by atoms with E-state index in [1.54, 1.807) is 6.07 Å². The van der Waals surface area contributed by atoms with Crippen molar-refractivity contribution in [3.8, 4) is 0 Å². The van der Waals surface area contributed by atoms with Gasteiger partial charge >= 0.3 is 6.03 Å². The van der Waals surface area contributed by atoms with Crippen molar-refractivity contribution in [2.75, 3.05) is 5.32 Å². The Morgan fingerprint density at radius 3 is 2.32 bits per heavy atom. The monoisotopic (exact) mass is 452 g/mol. The van der Waals surface area contributed by atoms with Crippen LogP contribution in [-0.2, 0) is 0 Å². The number of imide groups is 1. The number of carbonyl (C=O) groups is 2. The number of carbonyl (C=O) groups excluding carboxylic acids is 2. The van der Waals surface area contributed by atoms with Crippen molar-refractivity contribution >= 4 is 63.4 Å². The van der Waals surface area contributed by atoms with Crippen LogP contribution in [0.3, 0.4) is 0 Å². The second kappa shape index (κ2) is 7.26. The lowest BCUT2D eigenvalue weighted by Gasteiger charge is -2.09. The summed E-state index contributed by atoms with van der Waals surface area (Å²) in [7, 11) is 0. The number of hydrogen-bond acceptors (Lipinski definition) is 2. The van der Waals surface area contributed by atoms with E-state index in [1.807, 2.05) is 22.6 Å². The van der Waals surface area contributed by atoms with E-state index in [0.29, 0.717) is 3.57 Å². The number of halogens is 4. The van der Waals surface area contributed by atoms with E-state index in [1.165, 1.54) is 24.3 Å². The summed E-state index contributed by atoms with van der Waals surface area (Å²) >= 11 is 13.6. The van der Waals surface area contributed by atoms with E-state index >= 15 is 0 Å². The molecule has 0 aromatic heterocycles. The molecule has 114 valence electrons. The molecule has 0 heterocycles. The van der Waals surface area contributed by atoms with E-state index in [0.717, 1.165) is 6.07 Å². The van der Waals surface area contributed by atoms with Crippen LogP contribution in [0.2, 0.25) is 10.0 Å². The highest BCUT2D eigenvalue weighted by Crippen LogP contribution is 2.24. The van der Waals surface area contributed by atoms with E-state index in [2.05, 4.69) is 10.6 Å². The molecule has 2 N–H and O–H groups in total. The Balaban J connectivity index is 2.08. The van der Waals surface area contributed by atoms with Gasteiger partial charge in [-0.1, -0.05) is 29.3 Å². The van der Waals surface area contributed by atoms with E-state index in [9.17, 15) is 14.0 Å². The molecule has 0 aliphatic carbocycles. The van der Waals surface area contributed by atoms with Gasteiger partial charge in [0.05, 0.1) is 15.6 Å². The van der Waals surface area contributed by atoms with Crippen LogP contribution in [0, 0.1) is 9.39 Å². The van der Waals surface area contributed by atoms with Crippen molar-refractivity contribution in [1.29, 1.82) is 0 Å². The molecule has 8 heteroatoms. The molecule has 0 aliphatic rings. The second-order valence-electron chi connectivity index (χ2n) is 4.13. The molecule has 2 aromatic carbocycles. The molecule has 3 amide bonds. The van der Waals surface area contributed by atoms with Gasteiger partial charge in [0.1, 0.15) is 5.82 Å². The number of nitrogens with one attached hydrogen (secondary N) is 2. The molecule has 0 saturated heterocycles. The highest BCUT2D eigenvalue weighted by molar-refractivity contribution is 14.1. The van der Waals surface area contributed by atoms with E-state index < -0.39 is 17.8 Å². The molecule has 0 aliphatic heterocycles. The van der Waals surface area contributed by atoms with Gasteiger partial charge < -0.3 is 5.32 Å². The lowest BCUT2D eigenvalue weighted by atomic mass is 10.2. The summed E-state index contributed by atoms with van der Waals surface area (Å²) in [5.74, 6) is -1.22. The highest BCUT2D eigenvalue weighted by atomic mass is 127. The van der Waals surface area contributed by atoms with Gasteiger partial charge in [-0.05, 0) is 52.9 Å². The third-order valence-corrected chi connectivity index (χ3v) is 4.10. The molecular formula is C14H8Cl2FIN2O2. The Morgan fingerprint density at radius 2 is 1.73 bits per heavy atom. The molecule has 22 heavy (non-hydrogen) atoms. The second-order valence-corrected chi connectivity index (χ2v) is 6.11. The standard InChI is InChI=1S/C14H8Cl2FIN2O2/c15-8-2-1-3-9(16)12(8)13(21)20-14(22)19-7-4-5-11(18)10(17)6-7/h1-6H,(H2,19,20,21,22). The lowest BCUT2D eigenvalue weighted by molar-refractivity contribution is 0.0967. The van der Waals surface area contributed by atoms with Crippen LogP contribution >= 0.6 is 45.8 Å². The largest absolute Gasteiger partial charge is 0.326 e. The number of anilines is 1. The maximum absolute atomic E-state index is 13.4. The Morgan fingerprint density at radius 1 is 1.09 bits per heavy atom. The van der Waals surface area contributed by atoms with Crippen molar-refractivity contribution in [2.45, 2.75) is 0 Å². The Kier molecular flexibility index (Phi) is 5.60. The van der Waals surface area contributed by atoms with Gasteiger partial charge in [-0.25, -0.2) is 9.18 Å². The van der Waals surface area contributed by atoms with Gasteiger partial charge in [0.25, 0.3) is 5.91 Å². The smallest absolute Gasteiger partial charge is 0.308 e. The molecule has 4 nitrogen and oxygen atoms in total. The van der Waals surface area contributed by atoms with Gasteiger partial charge in [-0.2, -0.15) is 0 Å². The number of amides is 3. The Hall–Kier alpha value is -1.38. The van der Waals surface area contributed by atoms with Crippen LogP contribution in [0.4, 0.5) is 14.9 Å². The van der Waals surface area contributed by atoms with Crippen LogP contribution in [0.25, 0.3) is 0 Å². The maximum atomic E-state index is 13.4. The van der Waals surface area contributed by atoms with Gasteiger partial charge in [0.15, 0.2) is 0 Å². The molecule has 0 radical (unpaired) electrons. The summed E-state index contributed by atoms with van der Waals surface area (Å²) in [5, 5.41) is 4.67. The molecular weight excluding hydrogens is 445 g/mol. The summed E-state index contributed by atoms with van der Waals surface area (Å²) in [5.41, 5.74) is 0.211. The summed E-state index contributed by atoms with van der Waals surface area (Å²) in [4.78, 5) is 23.8. The fourth-order valence-electron chi connectivity index (χ4n) is 1.62. The number of benzene rings is 2. The van der Waals surface area contributed by atoms with Gasteiger partial charge in [-0.15, -0.1) is 0 Å². The van der Waals surface area contributed by atoms with Crippen molar-refractivity contribution in [3.05, 3.63) is 61.4 Å². The van der Waals surface area contributed by atoms with Gasteiger partial charge in [-0.3, -0.25) is 10.1 Å². The Bertz CT molecular complexity index is 735. The predicted octanol–water partition coefficient (Wildman–Crippen LogP) is 4.70. The first kappa shape index (κ1) is 17.0. The summed E-state index contributed by atoms with van der Waals surface area (Å²) in [6, 6.07) is 7.88.